The number of para-hydroxylation sites is 1. The Hall–Kier alpha value is -2.97. The number of hydrogen-bond acceptors (Lipinski definition) is 6. The van der Waals surface area contributed by atoms with E-state index in [1.807, 2.05) is 72.4 Å². The Morgan fingerprint density at radius 1 is 1.14 bits per heavy atom. The van der Waals surface area contributed by atoms with Gasteiger partial charge in [0, 0.05) is 44.6 Å². The van der Waals surface area contributed by atoms with E-state index in [0.717, 1.165) is 35.4 Å². The van der Waals surface area contributed by atoms with E-state index in [4.69, 9.17) is 0 Å². The molecule has 2 heterocycles. The van der Waals surface area contributed by atoms with Crippen molar-refractivity contribution in [1.29, 1.82) is 0 Å². The fourth-order valence-electron chi connectivity index (χ4n) is 3.42. The Bertz CT molecular complexity index is 945. The first-order chi connectivity index (χ1) is 13.6. The first-order valence-corrected chi connectivity index (χ1v) is 9.46. The van der Waals surface area contributed by atoms with Crippen LogP contribution in [0.3, 0.4) is 0 Å². The molecule has 0 saturated carbocycles. The van der Waals surface area contributed by atoms with Crippen LogP contribution in [0, 0.1) is 0 Å². The van der Waals surface area contributed by atoms with Crippen molar-refractivity contribution in [2.75, 3.05) is 37.0 Å². The van der Waals surface area contributed by atoms with Crippen LogP contribution in [0.1, 0.15) is 6.42 Å². The molecule has 8 nitrogen and oxygen atoms in total. The molecule has 146 valence electrons. The average Bonchev–Trinajstić information content (AvgIpc) is 3.36. The molecular formula is C20H25N7O. The Balaban J connectivity index is 1.59. The van der Waals surface area contributed by atoms with Crippen LogP contribution in [0.15, 0.2) is 48.5 Å². The molecule has 1 unspecified atom stereocenters. The van der Waals surface area contributed by atoms with Gasteiger partial charge in [-0.15, -0.1) is 5.10 Å². The minimum Gasteiger partial charge on any atom is -0.378 e. The highest BCUT2D eigenvalue weighted by molar-refractivity contribution is 5.94. The van der Waals surface area contributed by atoms with Gasteiger partial charge in [0.15, 0.2) is 0 Å². The molecule has 1 atom stereocenters. The molecule has 1 aliphatic rings. The average molecular weight is 379 g/mol. The Morgan fingerprint density at radius 2 is 1.89 bits per heavy atom. The summed E-state index contributed by atoms with van der Waals surface area (Å²) in [5.41, 5.74) is 10.0. The molecule has 1 aromatic heterocycles. The third-order valence-corrected chi connectivity index (χ3v) is 5.01. The number of carbonyl (C=O) groups excluding carboxylic acids is 1. The van der Waals surface area contributed by atoms with E-state index in [0.29, 0.717) is 6.54 Å². The van der Waals surface area contributed by atoms with Gasteiger partial charge in [0.2, 0.25) is 5.91 Å². The lowest BCUT2D eigenvalue weighted by molar-refractivity contribution is -0.119. The summed E-state index contributed by atoms with van der Waals surface area (Å²) in [4.78, 5) is 17.1. The summed E-state index contributed by atoms with van der Waals surface area (Å²) < 4.78 is 1.67. The van der Waals surface area contributed by atoms with Crippen molar-refractivity contribution in [2.45, 2.75) is 19.0 Å². The molecule has 2 N–H and O–H groups in total. The molecule has 8 heteroatoms. The fourth-order valence-corrected chi connectivity index (χ4v) is 3.42. The molecule has 2 aromatic carbocycles. The lowest BCUT2D eigenvalue weighted by atomic mass is 10.2. The van der Waals surface area contributed by atoms with E-state index in [9.17, 15) is 4.79 Å². The summed E-state index contributed by atoms with van der Waals surface area (Å²) >= 11 is 0. The van der Waals surface area contributed by atoms with Crippen LogP contribution in [0.2, 0.25) is 0 Å². The number of fused-ring (bicyclic) bond motifs is 1. The van der Waals surface area contributed by atoms with E-state index in [1.54, 1.807) is 4.68 Å². The van der Waals surface area contributed by atoms with E-state index in [-0.39, 0.29) is 18.5 Å². The number of nitrogens with one attached hydrogen (secondary N) is 2. The van der Waals surface area contributed by atoms with Gasteiger partial charge in [-0.05, 0) is 42.8 Å². The zero-order chi connectivity index (χ0) is 19.5. The van der Waals surface area contributed by atoms with Crippen molar-refractivity contribution in [3.63, 3.8) is 0 Å². The number of benzene rings is 2. The van der Waals surface area contributed by atoms with Crippen molar-refractivity contribution in [1.82, 2.24) is 25.8 Å². The van der Waals surface area contributed by atoms with Gasteiger partial charge in [-0.3, -0.25) is 15.6 Å². The Kier molecular flexibility index (Phi) is 5.23. The molecule has 0 aliphatic carbocycles. The highest BCUT2D eigenvalue weighted by Gasteiger charge is 2.24. The molecule has 1 amide bonds. The summed E-state index contributed by atoms with van der Waals surface area (Å²) in [7, 11) is 4.00. The summed E-state index contributed by atoms with van der Waals surface area (Å²) in [6.07, 6.45) is 0.978. The van der Waals surface area contributed by atoms with Crippen LogP contribution in [0.25, 0.3) is 11.0 Å². The molecule has 1 aliphatic heterocycles. The number of amides is 1. The monoisotopic (exact) mass is 379 g/mol. The van der Waals surface area contributed by atoms with Crippen LogP contribution < -0.4 is 20.7 Å². The van der Waals surface area contributed by atoms with Crippen LogP contribution >= 0.6 is 0 Å². The highest BCUT2D eigenvalue weighted by atomic mass is 16.2. The number of hydrazine groups is 1. The normalized spacial score (nSPS) is 16.4. The Labute approximate surface area is 164 Å². The van der Waals surface area contributed by atoms with E-state index >= 15 is 0 Å². The first-order valence-electron chi connectivity index (χ1n) is 9.46. The quantitative estimate of drug-likeness (QED) is 0.674. The predicted octanol–water partition coefficient (Wildman–Crippen LogP) is 1.40. The number of aromatic nitrogens is 3. The van der Waals surface area contributed by atoms with Crippen LogP contribution in [0.4, 0.5) is 11.4 Å². The number of anilines is 2. The maximum atomic E-state index is 13.2. The van der Waals surface area contributed by atoms with Gasteiger partial charge in [-0.25, -0.2) is 4.68 Å². The standard InChI is InChI=1S/C20H25N7O/c1-25(2)16-7-9-17(10-8-16)26(13-15-11-12-21-22-15)20(28)14-27-19-6-4-3-5-18(19)23-24-27/h3-10,15,21-22H,11-14H2,1-2H3. The molecule has 4 rings (SSSR count). The van der Waals surface area contributed by atoms with Crippen LogP contribution in [-0.2, 0) is 11.3 Å². The van der Waals surface area contributed by atoms with E-state index in [1.165, 1.54) is 0 Å². The van der Waals surface area contributed by atoms with Gasteiger partial charge in [0.1, 0.15) is 12.1 Å². The first kappa shape index (κ1) is 18.4. The van der Waals surface area contributed by atoms with E-state index < -0.39 is 0 Å². The van der Waals surface area contributed by atoms with Crippen molar-refractivity contribution in [2.24, 2.45) is 0 Å². The topological polar surface area (TPSA) is 78.3 Å². The van der Waals surface area contributed by atoms with Crippen molar-refractivity contribution < 1.29 is 4.79 Å². The molecule has 1 fully saturated rings. The van der Waals surface area contributed by atoms with Gasteiger partial charge >= 0.3 is 0 Å². The Morgan fingerprint density at radius 3 is 2.61 bits per heavy atom. The lowest BCUT2D eigenvalue weighted by Gasteiger charge is -2.26. The number of hydrogen-bond donors (Lipinski definition) is 2. The fraction of sp³-hybridized carbons (Fsp3) is 0.350. The third kappa shape index (κ3) is 3.83. The molecule has 0 spiro atoms. The van der Waals surface area contributed by atoms with Gasteiger partial charge in [0.25, 0.3) is 0 Å². The third-order valence-electron chi connectivity index (χ3n) is 5.01. The number of carbonyl (C=O) groups is 1. The number of nitrogens with zero attached hydrogens (tertiary/aromatic N) is 5. The molecule has 0 bridgehead atoms. The molecule has 1 saturated heterocycles. The second-order valence-corrected chi connectivity index (χ2v) is 7.21. The van der Waals surface area contributed by atoms with Crippen molar-refractivity contribution in [3.05, 3.63) is 48.5 Å². The zero-order valence-corrected chi connectivity index (χ0v) is 16.2. The second kappa shape index (κ2) is 7.95. The molecule has 0 radical (unpaired) electrons. The molecule has 3 aromatic rings. The predicted molar refractivity (Wildman–Crippen MR) is 110 cm³/mol. The largest absolute Gasteiger partial charge is 0.378 e. The smallest absolute Gasteiger partial charge is 0.248 e. The maximum absolute atomic E-state index is 13.2. The summed E-state index contributed by atoms with van der Waals surface area (Å²) in [5.74, 6) is -0.0121. The summed E-state index contributed by atoms with van der Waals surface area (Å²) in [6, 6.07) is 15.9. The summed E-state index contributed by atoms with van der Waals surface area (Å²) in [5, 5.41) is 8.32. The summed E-state index contributed by atoms with van der Waals surface area (Å²) in [6.45, 7) is 1.65. The zero-order valence-electron chi connectivity index (χ0n) is 16.2. The number of rotatable bonds is 6. The van der Waals surface area contributed by atoms with Gasteiger partial charge in [0.05, 0.1) is 5.52 Å². The van der Waals surface area contributed by atoms with Gasteiger partial charge in [-0.2, -0.15) is 0 Å². The second-order valence-electron chi connectivity index (χ2n) is 7.21. The highest BCUT2D eigenvalue weighted by Crippen LogP contribution is 2.21. The maximum Gasteiger partial charge on any atom is 0.248 e. The molecular weight excluding hydrogens is 354 g/mol. The lowest BCUT2D eigenvalue weighted by Crippen LogP contribution is -2.44. The van der Waals surface area contributed by atoms with E-state index in [2.05, 4.69) is 21.2 Å². The minimum atomic E-state index is -0.0121. The van der Waals surface area contributed by atoms with Crippen molar-refractivity contribution in [3.8, 4) is 0 Å². The SMILES string of the molecule is CN(C)c1ccc(N(CC2CCNN2)C(=O)Cn2nnc3ccccc32)cc1. The van der Waals surface area contributed by atoms with Crippen molar-refractivity contribution >= 4 is 28.3 Å². The van der Waals surface area contributed by atoms with Crippen LogP contribution in [-0.4, -0.2) is 54.1 Å². The minimum absolute atomic E-state index is 0.0121. The van der Waals surface area contributed by atoms with Crippen LogP contribution in [0.5, 0.6) is 0 Å². The molecule has 28 heavy (non-hydrogen) atoms. The van der Waals surface area contributed by atoms with Gasteiger partial charge in [-0.1, -0.05) is 17.3 Å². The van der Waals surface area contributed by atoms with Gasteiger partial charge < -0.3 is 9.80 Å².